The van der Waals surface area contributed by atoms with Gasteiger partial charge in [0, 0.05) is 0 Å². The molecular formula is C6H11NO2. The Balaban J connectivity index is 0.000000640. The Kier molecular flexibility index (Phi) is 3.71. The summed E-state index contributed by atoms with van der Waals surface area (Å²) in [5, 5.41) is 11.3. The van der Waals surface area contributed by atoms with Gasteiger partial charge in [-0.1, -0.05) is 11.2 Å². The quantitative estimate of drug-likeness (QED) is 0.380. The van der Waals surface area contributed by atoms with Gasteiger partial charge in [0.25, 0.3) is 0 Å². The van der Waals surface area contributed by atoms with Crippen LogP contribution in [-0.4, -0.2) is 16.4 Å². The summed E-state index contributed by atoms with van der Waals surface area (Å²) in [5.41, 5.74) is 0.802. The van der Waals surface area contributed by atoms with Crippen LogP contribution in [0.4, 0.5) is 0 Å². The van der Waals surface area contributed by atoms with Crippen LogP contribution in [0.25, 0.3) is 0 Å². The fourth-order valence-electron chi connectivity index (χ4n) is 0.787. The minimum absolute atomic E-state index is 0. The van der Waals surface area contributed by atoms with E-state index in [0.717, 1.165) is 25.0 Å². The maximum Gasteiger partial charge on any atom is 0.0792 e. The van der Waals surface area contributed by atoms with Crippen LogP contribution in [0.2, 0.25) is 0 Å². The summed E-state index contributed by atoms with van der Waals surface area (Å²) in [6.45, 7) is 0. The van der Waals surface area contributed by atoms with Crippen LogP contribution >= 0.6 is 0 Å². The van der Waals surface area contributed by atoms with E-state index < -0.39 is 0 Å². The largest absolute Gasteiger partial charge is 0.412 e. The summed E-state index contributed by atoms with van der Waals surface area (Å²) in [7, 11) is 0. The van der Waals surface area contributed by atoms with Crippen molar-refractivity contribution in [3.8, 4) is 0 Å². The van der Waals surface area contributed by atoms with Crippen LogP contribution in [0.1, 0.15) is 19.3 Å². The van der Waals surface area contributed by atoms with Gasteiger partial charge in [-0.05, 0) is 25.3 Å². The van der Waals surface area contributed by atoms with Crippen LogP contribution in [0.5, 0.6) is 0 Å². The molecule has 0 fully saturated rings. The van der Waals surface area contributed by atoms with Crippen molar-refractivity contribution in [3.63, 3.8) is 0 Å². The van der Waals surface area contributed by atoms with Crippen molar-refractivity contribution >= 4 is 5.71 Å². The highest BCUT2D eigenvalue weighted by molar-refractivity contribution is 5.94. The van der Waals surface area contributed by atoms with E-state index in [1.807, 2.05) is 12.2 Å². The summed E-state index contributed by atoms with van der Waals surface area (Å²) < 4.78 is 0. The summed E-state index contributed by atoms with van der Waals surface area (Å²) in [4.78, 5) is 0. The van der Waals surface area contributed by atoms with Gasteiger partial charge in [0.15, 0.2) is 0 Å². The molecule has 0 radical (unpaired) electrons. The Morgan fingerprint density at radius 2 is 2.33 bits per heavy atom. The van der Waals surface area contributed by atoms with Gasteiger partial charge >= 0.3 is 0 Å². The van der Waals surface area contributed by atoms with E-state index in [-0.39, 0.29) is 5.48 Å². The molecule has 3 nitrogen and oxygen atoms in total. The van der Waals surface area contributed by atoms with Gasteiger partial charge in [0.05, 0.1) is 5.71 Å². The van der Waals surface area contributed by atoms with Crippen molar-refractivity contribution in [3.05, 3.63) is 12.2 Å². The molecule has 0 saturated carbocycles. The Hall–Kier alpha value is -0.830. The van der Waals surface area contributed by atoms with Crippen LogP contribution in [0, 0.1) is 0 Å². The van der Waals surface area contributed by atoms with Crippen molar-refractivity contribution in [1.29, 1.82) is 0 Å². The average Bonchev–Trinajstić information content (AvgIpc) is 1.90. The molecule has 3 N–H and O–H groups in total. The SMILES string of the molecule is O.ON=C1C=CCCC1. The molecule has 3 heteroatoms. The van der Waals surface area contributed by atoms with Gasteiger partial charge in [-0.2, -0.15) is 0 Å². The fourth-order valence-corrected chi connectivity index (χ4v) is 0.787. The first-order valence-corrected chi connectivity index (χ1v) is 2.81. The number of nitrogens with zero attached hydrogens (tertiary/aromatic N) is 1. The highest BCUT2D eigenvalue weighted by Gasteiger charge is 1.98. The van der Waals surface area contributed by atoms with Gasteiger partial charge in [-0.15, -0.1) is 0 Å². The van der Waals surface area contributed by atoms with Crippen molar-refractivity contribution < 1.29 is 10.7 Å². The predicted molar refractivity (Wildman–Crippen MR) is 35.8 cm³/mol. The molecular weight excluding hydrogens is 118 g/mol. The molecule has 52 valence electrons. The molecule has 0 unspecified atom stereocenters. The molecule has 9 heavy (non-hydrogen) atoms. The van der Waals surface area contributed by atoms with Crippen molar-refractivity contribution in [2.24, 2.45) is 5.16 Å². The first-order valence-electron chi connectivity index (χ1n) is 2.81. The van der Waals surface area contributed by atoms with E-state index >= 15 is 0 Å². The van der Waals surface area contributed by atoms with Crippen LogP contribution < -0.4 is 0 Å². The second-order valence-corrected chi connectivity index (χ2v) is 1.89. The zero-order valence-corrected chi connectivity index (χ0v) is 5.17. The van der Waals surface area contributed by atoms with Gasteiger partial charge in [-0.25, -0.2) is 0 Å². The predicted octanol–water partition coefficient (Wildman–Crippen LogP) is 0.732. The molecule has 0 spiro atoms. The molecule has 0 heterocycles. The maximum atomic E-state index is 8.23. The smallest absolute Gasteiger partial charge is 0.0792 e. The van der Waals surface area contributed by atoms with E-state index in [0.29, 0.717) is 0 Å². The zero-order valence-electron chi connectivity index (χ0n) is 5.17. The number of allylic oxidation sites excluding steroid dienone is 2. The van der Waals surface area contributed by atoms with Crippen LogP contribution in [0.3, 0.4) is 0 Å². The fraction of sp³-hybridized carbons (Fsp3) is 0.500. The lowest BCUT2D eigenvalue weighted by atomic mass is 10.1. The molecule has 0 aromatic heterocycles. The molecule has 1 aliphatic rings. The monoisotopic (exact) mass is 129 g/mol. The van der Waals surface area contributed by atoms with Gasteiger partial charge in [-0.3, -0.25) is 0 Å². The standard InChI is InChI=1S/C6H9NO.H2O/c8-7-6-4-2-1-3-5-6;/h2,4,8H,1,3,5H2;1H2. The second kappa shape index (κ2) is 4.09. The number of oxime groups is 1. The minimum atomic E-state index is 0. The molecule has 0 amide bonds. The summed E-state index contributed by atoms with van der Waals surface area (Å²) in [6, 6.07) is 0. The Morgan fingerprint density at radius 1 is 1.56 bits per heavy atom. The lowest BCUT2D eigenvalue weighted by Crippen LogP contribution is -1.97. The van der Waals surface area contributed by atoms with E-state index in [4.69, 9.17) is 5.21 Å². The Morgan fingerprint density at radius 3 is 2.67 bits per heavy atom. The third kappa shape index (κ3) is 2.28. The number of hydrogen-bond acceptors (Lipinski definition) is 2. The first-order chi connectivity index (χ1) is 3.93. The second-order valence-electron chi connectivity index (χ2n) is 1.89. The van der Waals surface area contributed by atoms with E-state index in [9.17, 15) is 0 Å². The molecule has 0 atom stereocenters. The molecule has 0 aromatic carbocycles. The van der Waals surface area contributed by atoms with Gasteiger partial charge in [0.2, 0.25) is 0 Å². The van der Waals surface area contributed by atoms with E-state index in [1.165, 1.54) is 0 Å². The lowest BCUT2D eigenvalue weighted by molar-refractivity contribution is 0.318. The first kappa shape index (κ1) is 8.17. The highest BCUT2D eigenvalue weighted by Crippen LogP contribution is 2.06. The molecule has 1 aliphatic carbocycles. The van der Waals surface area contributed by atoms with Gasteiger partial charge < -0.3 is 10.7 Å². The van der Waals surface area contributed by atoms with Crippen LogP contribution in [0.15, 0.2) is 17.3 Å². The minimum Gasteiger partial charge on any atom is -0.412 e. The Labute approximate surface area is 54.0 Å². The molecule has 0 aromatic rings. The van der Waals surface area contributed by atoms with Crippen molar-refractivity contribution in [2.75, 3.05) is 0 Å². The maximum absolute atomic E-state index is 8.23. The number of rotatable bonds is 0. The zero-order chi connectivity index (χ0) is 5.82. The molecule has 0 bridgehead atoms. The normalized spacial score (nSPS) is 21.6. The average molecular weight is 129 g/mol. The van der Waals surface area contributed by atoms with Crippen molar-refractivity contribution in [2.45, 2.75) is 19.3 Å². The molecule has 0 aliphatic heterocycles. The van der Waals surface area contributed by atoms with Gasteiger partial charge in [0.1, 0.15) is 0 Å². The summed E-state index contributed by atoms with van der Waals surface area (Å²) >= 11 is 0. The number of hydrogen-bond donors (Lipinski definition) is 1. The lowest BCUT2D eigenvalue weighted by Gasteiger charge is -2.01. The molecule has 1 rings (SSSR count). The Bertz CT molecular complexity index is 129. The van der Waals surface area contributed by atoms with Crippen LogP contribution in [-0.2, 0) is 0 Å². The van der Waals surface area contributed by atoms with E-state index in [2.05, 4.69) is 5.16 Å². The molecule has 0 saturated heterocycles. The third-order valence-corrected chi connectivity index (χ3v) is 1.24. The summed E-state index contributed by atoms with van der Waals surface area (Å²) in [6.07, 6.45) is 7.06. The topological polar surface area (TPSA) is 64.1 Å². The van der Waals surface area contributed by atoms with Crippen molar-refractivity contribution in [1.82, 2.24) is 0 Å². The van der Waals surface area contributed by atoms with E-state index in [1.54, 1.807) is 0 Å². The third-order valence-electron chi connectivity index (χ3n) is 1.24. The highest BCUT2D eigenvalue weighted by atomic mass is 16.4. The summed E-state index contributed by atoms with van der Waals surface area (Å²) in [5.74, 6) is 0.